The maximum atomic E-state index is 14.5. The molecule has 5 rings (SSSR count). The van der Waals surface area contributed by atoms with Crippen molar-refractivity contribution in [2.24, 2.45) is 28.7 Å². The summed E-state index contributed by atoms with van der Waals surface area (Å²) in [6.07, 6.45) is -5.03. The van der Waals surface area contributed by atoms with Gasteiger partial charge in [0.1, 0.15) is 29.2 Å². The number of nitrogens with two attached hydrogens (primary N) is 1. The number of ether oxygens (including phenoxy) is 5. The SMILES string of the molecule is CC[C@H]1OC(=O)[C@H](C)C(=O)[C@H](C)[C@@H](O[C@@H]2O[C@H](C)C[C@H](N(C)C)[C@H]2O)[C@@]2(C)C[C@@H](C)C(=NC(C)=O)[C@H](C)[C@@H](OCC(NOCc3ccc4nc(N)oc4c3)CO2)[C@]1(C)O. The highest BCUT2D eigenvalue weighted by atomic mass is 16.7. The van der Waals surface area contributed by atoms with Crippen LogP contribution in [0.4, 0.5) is 6.01 Å². The number of nitrogen functional groups attached to an aromatic ring is 1. The molecule has 17 nitrogen and oxygen atoms in total. The molecule has 59 heavy (non-hydrogen) atoms. The van der Waals surface area contributed by atoms with Crippen molar-refractivity contribution in [1.82, 2.24) is 15.4 Å². The number of rotatable bonds is 8. The molecular formula is C42H65N5O12. The number of amides is 1. The molecule has 0 spiro atoms. The lowest BCUT2D eigenvalue weighted by Gasteiger charge is -2.47. The Kier molecular flexibility index (Phi) is 15.1. The van der Waals surface area contributed by atoms with Crippen LogP contribution in [0.3, 0.4) is 0 Å². The first-order chi connectivity index (χ1) is 27.7. The second kappa shape index (κ2) is 19.1. The summed E-state index contributed by atoms with van der Waals surface area (Å²) in [4.78, 5) is 57.8. The van der Waals surface area contributed by atoms with Crippen molar-refractivity contribution in [3.8, 4) is 0 Å². The summed E-state index contributed by atoms with van der Waals surface area (Å²) in [5.41, 5.74) is 7.90. The number of likely N-dealkylation sites (N-methyl/N-ethyl adjacent to an activating group) is 1. The number of hydroxylamine groups is 1. The lowest BCUT2D eigenvalue weighted by atomic mass is 9.73. The summed E-state index contributed by atoms with van der Waals surface area (Å²) in [5, 5.41) is 24.1. The lowest BCUT2D eigenvalue weighted by molar-refractivity contribution is -0.298. The van der Waals surface area contributed by atoms with Crippen molar-refractivity contribution in [3.05, 3.63) is 23.8 Å². The van der Waals surface area contributed by atoms with Gasteiger partial charge in [0.25, 0.3) is 6.01 Å². The molecule has 17 heteroatoms. The minimum absolute atomic E-state index is 0.0521. The maximum Gasteiger partial charge on any atom is 0.316 e. The molecular weight excluding hydrogens is 766 g/mol. The third kappa shape index (κ3) is 10.6. The molecule has 3 aliphatic heterocycles. The molecule has 3 saturated heterocycles. The number of aromatic nitrogens is 1. The third-order valence-electron chi connectivity index (χ3n) is 12.2. The number of aliphatic imine (C=N–C) groups is 1. The van der Waals surface area contributed by atoms with Crippen LogP contribution in [0.15, 0.2) is 27.6 Å². The number of nitrogens with one attached hydrogen (secondary N) is 1. The van der Waals surface area contributed by atoms with Crippen molar-refractivity contribution in [2.75, 3.05) is 33.0 Å². The fourth-order valence-electron chi connectivity index (χ4n) is 9.02. The molecule has 3 aliphatic rings. The van der Waals surface area contributed by atoms with Gasteiger partial charge in [-0.2, -0.15) is 10.5 Å². The smallest absolute Gasteiger partial charge is 0.316 e. The van der Waals surface area contributed by atoms with Crippen molar-refractivity contribution < 1.29 is 57.5 Å². The number of oxazole rings is 1. The molecule has 0 aliphatic carbocycles. The van der Waals surface area contributed by atoms with Crippen LogP contribution in [0.5, 0.6) is 0 Å². The molecule has 1 aromatic carbocycles. The molecule has 2 bridgehead atoms. The number of carbonyl (C=O) groups is 3. The molecule has 4 heterocycles. The van der Waals surface area contributed by atoms with Crippen LogP contribution in [0.1, 0.15) is 87.1 Å². The fraction of sp³-hybridized carbons (Fsp3) is 0.738. The van der Waals surface area contributed by atoms with Crippen molar-refractivity contribution in [2.45, 2.75) is 148 Å². The summed E-state index contributed by atoms with van der Waals surface area (Å²) >= 11 is 0. The predicted octanol–water partition coefficient (Wildman–Crippen LogP) is 3.36. The summed E-state index contributed by atoms with van der Waals surface area (Å²) in [6, 6.07) is 4.41. The highest BCUT2D eigenvalue weighted by Gasteiger charge is 2.53. The van der Waals surface area contributed by atoms with E-state index in [9.17, 15) is 24.6 Å². The maximum absolute atomic E-state index is 14.5. The lowest BCUT2D eigenvalue weighted by Crippen LogP contribution is -2.60. The second-order valence-electron chi connectivity index (χ2n) is 17.4. The number of aliphatic hydroxyl groups excluding tert-OH is 1. The summed E-state index contributed by atoms with van der Waals surface area (Å²) < 4.78 is 38.1. The number of aliphatic hydroxyl groups is 2. The molecule has 330 valence electrons. The summed E-state index contributed by atoms with van der Waals surface area (Å²) in [6.45, 7) is 15.1. The first-order valence-electron chi connectivity index (χ1n) is 20.7. The van der Waals surface area contributed by atoms with Gasteiger partial charge in [-0.1, -0.05) is 33.8 Å². The van der Waals surface area contributed by atoms with E-state index in [2.05, 4.69) is 15.5 Å². The van der Waals surface area contributed by atoms with E-state index < -0.39 is 89.3 Å². The molecule has 1 unspecified atom stereocenters. The number of carbonyl (C=O) groups excluding carboxylic acids is 3. The molecule has 3 fully saturated rings. The first kappa shape index (κ1) is 46.7. The van der Waals surface area contributed by atoms with Crippen LogP contribution in [-0.2, 0) is 49.5 Å². The highest BCUT2D eigenvalue weighted by molar-refractivity contribution is 6.00. The van der Waals surface area contributed by atoms with Gasteiger partial charge in [0.15, 0.2) is 17.7 Å². The largest absolute Gasteiger partial charge is 0.459 e. The molecule has 1 aromatic heterocycles. The van der Waals surface area contributed by atoms with E-state index in [0.717, 1.165) is 5.56 Å². The van der Waals surface area contributed by atoms with Crippen molar-refractivity contribution >= 4 is 40.5 Å². The molecule has 1 amide bonds. The summed E-state index contributed by atoms with van der Waals surface area (Å²) in [5.74, 6) is -5.27. The van der Waals surface area contributed by atoms with Gasteiger partial charge in [-0.15, -0.1) is 0 Å². The number of cyclic esters (lactones) is 1. The van der Waals surface area contributed by atoms with Gasteiger partial charge in [-0.05, 0) is 84.7 Å². The predicted molar refractivity (Wildman–Crippen MR) is 217 cm³/mol. The van der Waals surface area contributed by atoms with Gasteiger partial charge < -0.3 is 48.9 Å². The van der Waals surface area contributed by atoms with E-state index in [1.54, 1.807) is 32.9 Å². The Morgan fingerprint density at radius 1 is 1.12 bits per heavy atom. The number of hydrogen-bond acceptors (Lipinski definition) is 16. The van der Waals surface area contributed by atoms with Crippen LogP contribution in [0.2, 0.25) is 0 Å². The minimum Gasteiger partial charge on any atom is -0.459 e. The van der Waals surface area contributed by atoms with Crippen LogP contribution >= 0.6 is 0 Å². The Morgan fingerprint density at radius 2 is 1.83 bits per heavy atom. The Balaban J connectivity index is 1.62. The Hall–Kier alpha value is -3.39. The normalized spacial score (nSPS) is 38.8. The van der Waals surface area contributed by atoms with E-state index in [-0.39, 0.29) is 50.8 Å². The standard InChI is InChI=1S/C42H65N5O12/c1-12-32-42(9,52)37-23(4)33(44-26(7)48)21(2)17-41(8,54-20-28(19-53-37)46-55-18-27-13-14-29-31(16-27)57-40(43)45-29)36(24(5)34(49)25(6)38(51)58-32)59-39-35(50)30(47(10)11)15-22(3)56-39/h13-14,16,21-25,28,30,32,35-37,39,46,50,52H,12,15,17-20H2,1-11H3,(H2,43,45)/t21-,22-,23+,24+,25-,28?,30+,32-,35-,36-,37-,39+,41-,42-/m1/s1. The van der Waals surface area contributed by atoms with Gasteiger partial charge in [0, 0.05) is 30.5 Å². The molecule has 0 radical (unpaired) electrons. The molecule has 2 aromatic rings. The van der Waals surface area contributed by atoms with E-state index in [0.29, 0.717) is 23.2 Å². The number of benzene rings is 1. The number of Topliss-reactive ketones (excluding diaryl/α,β-unsaturated/α-hetero) is 1. The molecule has 0 saturated carbocycles. The Labute approximate surface area is 346 Å². The van der Waals surface area contributed by atoms with Crippen LogP contribution < -0.4 is 11.2 Å². The van der Waals surface area contributed by atoms with E-state index in [4.69, 9.17) is 38.7 Å². The first-order valence-corrected chi connectivity index (χ1v) is 20.7. The van der Waals surface area contributed by atoms with Crippen molar-refractivity contribution in [3.63, 3.8) is 0 Å². The van der Waals surface area contributed by atoms with Gasteiger partial charge in [-0.25, -0.2) is 4.99 Å². The van der Waals surface area contributed by atoms with E-state index in [1.807, 2.05) is 45.8 Å². The number of fused-ring (bicyclic) bond motifs is 6. The van der Waals surface area contributed by atoms with Crippen LogP contribution in [0.25, 0.3) is 11.1 Å². The minimum atomic E-state index is -1.84. The van der Waals surface area contributed by atoms with E-state index >= 15 is 0 Å². The second-order valence-corrected chi connectivity index (χ2v) is 17.4. The quantitative estimate of drug-likeness (QED) is 0.170. The molecule has 5 N–H and O–H groups in total. The number of hydrogen-bond donors (Lipinski definition) is 4. The number of ketones is 1. The van der Waals surface area contributed by atoms with E-state index in [1.165, 1.54) is 20.8 Å². The number of esters is 1. The summed E-state index contributed by atoms with van der Waals surface area (Å²) in [7, 11) is 3.73. The highest BCUT2D eigenvalue weighted by Crippen LogP contribution is 2.40. The zero-order chi connectivity index (χ0) is 43.6. The zero-order valence-electron chi connectivity index (χ0n) is 36.3. The Morgan fingerprint density at radius 3 is 2.49 bits per heavy atom. The van der Waals surface area contributed by atoms with Crippen LogP contribution in [0, 0.1) is 23.7 Å². The molecule has 14 atom stereocenters. The van der Waals surface area contributed by atoms with Gasteiger partial charge >= 0.3 is 5.97 Å². The monoisotopic (exact) mass is 831 g/mol. The topological polar surface area (TPSA) is 227 Å². The zero-order valence-corrected chi connectivity index (χ0v) is 36.3. The van der Waals surface area contributed by atoms with Gasteiger partial charge in [0.05, 0.1) is 49.8 Å². The van der Waals surface area contributed by atoms with Gasteiger partial charge in [0.2, 0.25) is 5.91 Å². The Bertz CT molecular complexity index is 1820. The average Bonchev–Trinajstić information content (AvgIpc) is 3.54. The van der Waals surface area contributed by atoms with Gasteiger partial charge in [-0.3, -0.25) is 19.2 Å². The van der Waals surface area contributed by atoms with Crippen LogP contribution in [-0.4, -0.2) is 131 Å². The number of anilines is 1. The third-order valence-corrected chi connectivity index (χ3v) is 12.2. The average molecular weight is 832 g/mol. The van der Waals surface area contributed by atoms with Crippen molar-refractivity contribution in [1.29, 1.82) is 0 Å². The fourth-order valence-corrected chi connectivity index (χ4v) is 9.02. The number of nitrogens with zero attached hydrogens (tertiary/aromatic N) is 3.